The monoisotopic (exact) mass is 512 g/mol. The van der Waals surface area contributed by atoms with Crippen molar-refractivity contribution in [2.24, 2.45) is 0 Å². The Morgan fingerprint density at radius 1 is 0.684 bits per heavy atom. The lowest BCUT2D eigenvalue weighted by molar-refractivity contribution is -0.119. The lowest BCUT2D eigenvalue weighted by atomic mass is 10.0. The molecule has 4 aromatic carbocycles. The maximum Gasteiger partial charge on any atom is 0.216 e. The maximum atomic E-state index is 11.3. The quantitative estimate of drug-likeness (QED) is 0.229. The zero-order chi connectivity index (χ0) is 26.7. The molecule has 6 heteroatoms. The molecule has 0 aromatic heterocycles. The summed E-state index contributed by atoms with van der Waals surface area (Å²) in [6.45, 7) is 5.51. The molecule has 0 unspecified atom stereocenters. The lowest BCUT2D eigenvalue weighted by Gasteiger charge is -2.14. The van der Waals surface area contributed by atoms with Crippen LogP contribution in [0.2, 0.25) is 0 Å². The summed E-state index contributed by atoms with van der Waals surface area (Å²) >= 11 is 0. The van der Waals surface area contributed by atoms with E-state index in [-0.39, 0.29) is 11.8 Å². The van der Waals surface area contributed by atoms with Gasteiger partial charge in [0.25, 0.3) is 0 Å². The predicted octanol–water partition coefficient (Wildman–Crippen LogP) is 5.59. The van der Waals surface area contributed by atoms with Crippen LogP contribution in [0.1, 0.15) is 37.8 Å². The number of benzene rings is 4. The molecule has 0 atom stereocenters. The fourth-order valence-corrected chi connectivity index (χ4v) is 4.66. The van der Waals surface area contributed by atoms with Crippen molar-refractivity contribution in [1.29, 1.82) is 0 Å². The Labute approximate surface area is 224 Å². The van der Waals surface area contributed by atoms with Gasteiger partial charge in [-0.25, -0.2) is 0 Å². The molecular weight excluding hydrogens is 476 g/mol. The first-order chi connectivity index (χ1) is 18.5. The van der Waals surface area contributed by atoms with Crippen molar-refractivity contribution in [2.75, 3.05) is 26.3 Å². The summed E-state index contributed by atoms with van der Waals surface area (Å²) in [5, 5.41) is 10.3. The second-order valence-corrected chi connectivity index (χ2v) is 9.44. The SMILES string of the molecule is CC(=O)NCCc1cccc2ccc(OCCCCOc3cccc4cccc(CCNC(C)=O)c34)cc12. The van der Waals surface area contributed by atoms with Crippen LogP contribution in [0.3, 0.4) is 0 Å². The van der Waals surface area contributed by atoms with Crippen LogP contribution in [0.5, 0.6) is 11.5 Å². The van der Waals surface area contributed by atoms with Crippen molar-refractivity contribution in [3.8, 4) is 11.5 Å². The molecule has 4 rings (SSSR count). The van der Waals surface area contributed by atoms with Crippen LogP contribution in [0.4, 0.5) is 0 Å². The Hall–Kier alpha value is -4.06. The number of carbonyl (C=O) groups excluding carboxylic acids is 2. The number of ether oxygens (including phenoxy) is 2. The van der Waals surface area contributed by atoms with Crippen LogP contribution < -0.4 is 20.1 Å². The van der Waals surface area contributed by atoms with Gasteiger partial charge in [-0.3, -0.25) is 9.59 Å². The summed E-state index contributed by atoms with van der Waals surface area (Å²) in [6.07, 6.45) is 3.29. The van der Waals surface area contributed by atoms with Crippen LogP contribution in [-0.2, 0) is 22.4 Å². The van der Waals surface area contributed by atoms with Gasteiger partial charge in [-0.15, -0.1) is 0 Å². The first kappa shape index (κ1) is 27.0. The van der Waals surface area contributed by atoms with Crippen molar-refractivity contribution < 1.29 is 19.1 Å². The van der Waals surface area contributed by atoms with Gasteiger partial charge in [0.15, 0.2) is 0 Å². The van der Waals surface area contributed by atoms with Gasteiger partial charge in [-0.05, 0) is 71.2 Å². The van der Waals surface area contributed by atoms with Gasteiger partial charge in [0.05, 0.1) is 13.2 Å². The summed E-state index contributed by atoms with van der Waals surface area (Å²) in [5.41, 5.74) is 2.37. The highest BCUT2D eigenvalue weighted by atomic mass is 16.5. The van der Waals surface area contributed by atoms with Gasteiger partial charge >= 0.3 is 0 Å². The zero-order valence-corrected chi connectivity index (χ0v) is 22.2. The molecule has 0 aliphatic heterocycles. The maximum absolute atomic E-state index is 11.3. The number of unbranched alkanes of at least 4 members (excludes halogenated alkanes) is 1. The summed E-state index contributed by atoms with van der Waals surface area (Å²) in [6, 6.07) is 24.8. The lowest BCUT2D eigenvalue weighted by Crippen LogP contribution is -2.22. The number of carbonyl (C=O) groups is 2. The van der Waals surface area contributed by atoms with Crippen molar-refractivity contribution in [3.05, 3.63) is 83.9 Å². The molecule has 2 N–H and O–H groups in total. The van der Waals surface area contributed by atoms with Gasteiger partial charge in [-0.1, -0.05) is 54.6 Å². The highest BCUT2D eigenvalue weighted by Crippen LogP contribution is 2.30. The normalized spacial score (nSPS) is 10.9. The Morgan fingerprint density at radius 3 is 2.00 bits per heavy atom. The highest BCUT2D eigenvalue weighted by molar-refractivity contribution is 5.91. The molecule has 4 aromatic rings. The molecule has 38 heavy (non-hydrogen) atoms. The number of hydrogen-bond acceptors (Lipinski definition) is 4. The predicted molar refractivity (Wildman–Crippen MR) is 153 cm³/mol. The smallest absolute Gasteiger partial charge is 0.216 e. The molecule has 0 heterocycles. The molecule has 198 valence electrons. The van der Waals surface area contributed by atoms with E-state index in [2.05, 4.69) is 53.1 Å². The second-order valence-electron chi connectivity index (χ2n) is 9.44. The first-order valence-electron chi connectivity index (χ1n) is 13.3. The van der Waals surface area contributed by atoms with E-state index in [0.717, 1.165) is 58.7 Å². The van der Waals surface area contributed by atoms with E-state index < -0.39 is 0 Å². The van der Waals surface area contributed by atoms with E-state index in [1.807, 2.05) is 30.3 Å². The molecule has 0 aliphatic rings. The fraction of sp³-hybridized carbons (Fsp3) is 0.312. The third-order valence-electron chi connectivity index (χ3n) is 6.50. The van der Waals surface area contributed by atoms with E-state index >= 15 is 0 Å². The molecule has 6 nitrogen and oxygen atoms in total. The van der Waals surface area contributed by atoms with Crippen molar-refractivity contribution >= 4 is 33.4 Å². The fourth-order valence-electron chi connectivity index (χ4n) is 4.66. The minimum absolute atomic E-state index is 0.0129. The second kappa shape index (κ2) is 13.5. The summed E-state index contributed by atoms with van der Waals surface area (Å²) in [7, 11) is 0. The largest absolute Gasteiger partial charge is 0.494 e. The first-order valence-corrected chi connectivity index (χ1v) is 13.3. The molecule has 0 saturated carbocycles. The average Bonchev–Trinajstić information content (AvgIpc) is 2.90. The molecule has 2 amide bonds. The standard InChI is InChI=1S/C32H36N2O4/c1-23(35)33-18-16-26-9-5-8-25-14-15-29(22-30(25)26)37-20-3-4-21-38-31-13-7-12-27-10-6-11-28(32(27)31)17-19-34-24(2)36/h5-15,22H,3-4,16-21H2,1-2H3,(H,33,35)(H,34,36). The Bertz CT molecular complexity index is 1390. The van der Waals surface area contributed by atoms with Gasteiger partial charge in [0, 0.05) is 32.3 Å². The van der Waals surface area contributed by atoms with Crippen LogP contribution >= 0.6 is 0 Å². The topological polar surface area (TPSA) is 76.7 Å². The minimum atomic E-state index is -0.0185. The molecule has 0 fully saturated rings. The van der Waals surface area contributed by atoms with E-state index in [4.69, 9.17) is 9.47 Å². The van der Waals surface area contributed by atoms with Gasteiger partial charge in [0.1, 0.15) is 11.5 Å². The molecule has 0 bridgehead atoms. The molecular formula is C32H36N2O4. The van der Waals surface area contributed by atoms with E-state index in [9.17, 15) is 9.59 Å². The van der Waals surface area contributed by atoms with Crippen LogP contribution in [0, 0.1) is 0 Å². The van der Waals surface area contributed by atoms with Crippen molar-refractivity contribution in [1.82, 2.24) is 10.6 Å². The van der Waals surface area contributed by atoms with E-state index in [1.165, 1.54) is 25.0 Å². The molecule has 0 saturated heterocycles. The average molecular weight is 513 g/mol. The number of fused-ring (bicyclic) bond motifs is 2. The summed E-state index contributed by atoms with van der Waals surface area (Å²) in [4.78, 5) is 22.5. The Morgan fingerprint density at radius 2 is 1.29 bits per heavy atom. The number of hydrogen-bond donors (Lipinski definition) is 2. The minimum Gasteiger partial charge on any atom is -0.494 e. The third kappa shape index (κ3) is 7.48. The zero-order valence-electron chi connectivity index (χ0n) is 22.2. The molecule has 0 radical (unpaired) electrons. The van der Waals surface area contributed by atoms with E-state index in [1.54, 1.807) is 0 Å². The van der Waals surface area contributed by atoms with Gasteiger partial charge in [0.2, 0.25) is 11.8 Å². The highest BCUT2D eigenvalue weighted by Gasteiger charge is 2.08. The Kier molecular flexibility index (Phi) is 9.57. The Balaban J connectivity index is 1.29. The van der Waals surface area contributed by atoms with E-state index in [0.29, 0.717) is 26.3 Å². The van der Waals surface area contributed by atoms with Crippen molar-refractivity contribution in [3.63, 3.8) is 0 Å². The molecule has 0 aliphatic carbocycles. The van der Waals surface area contributed by atoms with Crippen LogP contribution in [-0.4, -0.2) is 38.1 Å². The number of rotatable bonds is 13. The van der Waals surface area contributed by atoms with Crippen molar-refractivity contribution in [2.45, 2.75) is 39.5 Å². The van der Waals surface area contributed by atoms with Gasteiger partial charge < -0.3 is 20.1 Å². The summed E-state index contributed by atoms with van der Waals surface area (Å²) < 4.78 is 12.3. The number of nitrogens with one attached hydrogen (secondary N) is 2. The summed E-state index contributed by atoms with van der Waals surface area (Å²) in [5.74, 6) is 1.70. The molecule has 0 spiro atoms. The van der Waals surface area contributed by atoms with Gasteiger partial charge in [-0.2, -0.15) is 0 Å². The third-order valence-corrected chi connectivity index (χ3v) is 6.50. The number of amides is 2. The van der Waals surface area contributed by atoms with Crippen LogP contribution in [0.25, 0.3) is 21.5 Å². The van der Waals surface area contributed by atoms with Crippen LogP contribution in [0.15, 0.2) is 72.8 Å².